The summed E-state index contributed by atoms with van der Waals surface area (Å²) < 4.78 is 36.2. The number of carbonyl (C=O) groups excluding carboxylic acids is 2. The smallest absolute Gasteiger partial charge is 0.347 e. The van der Waals surface area contributed by atoms with Crippen molar-refractivity contribution in [2.24, 2.45) is 0 Å². The highest BCUT2D eigenvalue weighted by atomic mass is 19.4. The molecule has 0 bridgehead atoms. The number of benzene rings is 2. The number of alkyl halides is 3. The van der Waals surface area contributed by atoms with Crippen LogP contribution in [0.4, 0.5) is 29.3 Å². The summed E-state index contributed by atoms with van der Waals surface area (Å²) in [5.41, 5.74) is 3.76. The zero-order chi connectivity index (χ0) is 20.0. The molecule has 0 aromatic heterocycles. The van der Waals surface area contributed by atoms with Crippen LogP contribution in [0.1, 0.15) is 16.7 Å². The van der Waals surface area contributed by atoms with Crippen LogP contribution < -0.4 is 16.0 Å². The first-order valence-electron chi connectivity index (χ1n) is 8.19. The summed E-state index contributed by atoms with van der Waals surface area (Å²) in [5.74, 6) is -0.722. The summed E-state index contributed by atoms with van der Waals surface area (Å²) in [4.78, 5) is 23.5. The van der Waals surface area contributed by atoms with Crippen molar-refractivity contribution in [3.8, 4) is 0 Å². The molecule has 8 heteroatoms. The van der Waals surface area contributed by atoms with Crippen molar-refractivity contribution in [1.29, 1.82) is 0 Å². The molecule has 27 heavy (non-hydrogen) atoms. The largest absolute Gasteiger partial charge is 0.405 e. The third-order valence-corrected chi connectivity index (χ3v) is 3.54. The van der Waals surface area contributed by atoms with Gasteiger partial charge in [-0.15, -0.1) is 0 Å². The molecule has 0 aliphatic rings. The summed E-state index contributed by atoms with van der Waals surface area (Å²) in [6.07, 6.45) is -4.61. The van der Waals surface area contributed by atoms with E-state index in [-0.39, 0.29) is 6.42 Å². The predicted octanol–water partition coefficient (Wildman–Crippen LogP) is 4.17. The minimum atomic E-state index is -4.44. The lowest BCUT2D eigenvalue weighted by molar-refractivity contribution is -0.138. The second-order valence-electron chi connectivity index (χ2n) is 6.22. The van der Waals surface area contributed by atoms with Gasteiger partial charge in [0.15, 0.2) is 0 Å². The second kappa shape index (κ2) is 8.57. The van der Waals surface area contributed by atoms with E-state index in [1.165, 1.54) is 0 Å². The van der Waals surface area contributed by atoms with Crippen LogP contribution in [-0.4, -0.2) is 24.7 Å². The first-order valence-corrected chi connectivity index (χ1v) is 8.19. The summed E-state index contributed by atoms with van der Waals surface area (Å²) in [6.45, 7) is 2.50. The lowest BCUT2D eigenvalue weighted by Crippen LogP contribution is -2.34. The molecule has 0 saturated carbocycles. The molecule has 2 aromatic rings. The van der Waals surface area contributed by atoms with E-state index in [2.05, 4.69) is 10.6 Å². The summed E-state index contributed by atoms with van der Waals surface area (Å²) >= 11 is 0. The Kier molecular flexibility index (Phi) is 6.44. The van der Waals surface area contributed by atoms with Crippen LogP contribution in [0.15, 0.2) is 42.5 Å². The number of anilines is 2. The molecule has 0 radical (unpaired) electrons. The summed E-state index contributed by atoms with van der Waals surface area (Å²) in [7, 11) is 0. The van der Waals surface area contributed by atoms with Gasteiger partial charge in [-0.1, -0.05) is 18.2 Å². The first kappa shape index (κ1) is 20.3. The van der Waals surface area contributed by atoms with Crippen molar-refractivity contribution in [3.63, 3.8) is 0 Å². The molecule has 0 heterocycles. The van der Waals surface area contributed by atoms with Crippen LogP contribution in [0.5, 0.6) is 0 Å². The number of halogens is 3. The van der Waals surface area contributed by atoms with Crippen molar-refractivity contribution < 1.29 is 22.8 Å². The topological polar surface area (TPSA) is 70.2 Å². The van der Waals surface area contributed by atoms with Gasteiger partial charge in [0.25, 0.3) is 0 Å². The van der Waals surface area contributed by atoms with E-state index < -0.39 is 24.7 Å². The fraction of sp³-hybridized carbons (Fsp3) is 0.263. The molecule has 0 saturated heterocycles. The molecule has 144 valence electrons. The maximum Gasteiger partial charge on any atom is 0.405 e. The molecule has 3 N–H and O–H groups in total. The van der Waals surface area contributed by atoms with Gasteiger partial charge >= 0.3 is 12.2 Å². The molecule has 0 fully saturated rings. The van der Waals surface area contributed by atoms with Gasteiger partial charge in [0.05, 0.1) is 6.42 Å². The maximum absolute atomic E-state index is 12.1. The van der Waals surface area contributed by atoms with E-state index in [4.69, 9.17) is 0 Å². The minimum Gasteiger partial charge on any atom is -0.347 e. The van der Waals surface area contributed by atoms with Crippen molar-refractivity contribution in [1.82, 2.24) is 5.32 Å². The molecule has 3 amide bonds. The number of hydrogen-bond donors (Lipinski definition) is 3. The normalized spacial score (nSPS) is 11.0. The lowest BCUT2D eigenvalue weighted by atomic mass is 10.1. The van der Waals surface area contributed by atoms with Gasteiger partial charge in [-0.25, -0.2) is 4.79 Å². The Morgan fingerprint density at radius 2 is 1.44 bits per heavy atom. The number of amides is 3. The number of aryl methyl sites for hydroxylation is 2. The highest BCUT2D eigenvalue weighted by Gasteiger charge is 2.27. The second-order valence-corrected chi connectivity index (χ2v) is 6.22. The van der Waals surface area contributed by atoms with Crippen molar-refractivity contribution in [2.45, 2.75) is 26.4 Å². The third kappa shape index (κ3) is 7.39. The monoisotopic (exact) mass is 379 g/mol. The molecule has 5 nitrogen and oxygen atoms in total. The van der Waals surface area contributed by atoms with E-state index in [1.54, 1.807) is 24.3 Å². The lowest BCUT2D eigenvalue weighted by Gasteiger charge is -2.10. The first-order chi connectivity index (χ1) is 12.6. The zero-order valence-electron chi connectivity index (χ0n) is 14.9. The van der Waals surface area contributed by atoms with Gasteiger partial charge in [0, 0.05) is 11.4 Å². The van der Waals surface area contributed by atoms with Gasteiger partial charge in [0.2, 0.25) is 5.91 Å². The Morgan fingerprint density at radius 1 is 0.889 bits per heavy atom. The number of nitrogens with one attached hydrogen (secondary N) is 3. The number of rotatable bonds is 5. The predicted molar refractivity (Wildman–Crippen MR) is 97.8 cm³/mol. The Morgan fingerprint density at radius 3 is 2.00 bits per heavy atom. The minimum absolute atomic E-state index is 0.175. The number of hydrogen-bond acceptors (Lipinski definition) is 2. The Hall–Kier alpha value is -3.03. The van der Waals surface area contributed by atoms with Gasteiger partial charge < -0.3 is 16.0 Å². The molecule has 0 unspecified atom stereocenters. The molecular formula is C19H20F3N3O2. The fourth-order valence-corrected chi connectivity index (χ4v) is 2.49. The maximum atomic E-state index is 12.1. The summed E-state index contributed by atoms with van der Waals surface area (Å²) in [5, 5.41) is 7.20. The average molecular weight is 379 g/mol. The van der Waals surface area contributed by atoms with Crippen LogP contribution >= 0.6 is 0 Å². The molecule has 2 aromatic carbocycles. The summed E-state index contributed by atoms with van der Waals surface area (Å²) in [6, 6.07) is 11.5. The molecule has 0 spiro atoms. The van der Waals surface area contributed by atoms with Gasteiger partial charge in [0.1, 0.15) is 6.54 Å². The van der Waals surface area contributed by atoms with Gasteiger partial charge in [-0.3, -0.25) is 4.79 Å². The van der Waals surface area contributed by atoms with Crippen LogP contribution in [0, 0.1) is 13.8 Å². The van der Waals surface area contributed by atoms with E-state index in [9.17, 15) is 22.8 Å². The van der Waals surface area contributed by atoms with Gasteiger partial charge in [-0.05, 0) is 54.8 Å². The molecular weight excluding hydrogens is 359 g/mol. The van der Waals surface area contributed by atoms with Gasteiger partial charge in [-0.2, -0.15) is 13.2 Å². The van der Waals surface area contributed by atoms with Crippen LogP contribution in [0.3, 0.4) is 0 Å². The van der Waals surface area contributed by atoms with Crippen LogP contribution in [0.2, 0.25) is 0 Å². The molecule has 2 rings (SSSR count). The fourth-order valence-electron chi connectivity index (χ4n) is 2.49. The molecule has 0 aliphatic carbocycles. The van der Waals surface area contributed by atoms with Crippen molar-refractivity contribution >= 4 is 23.3 Å². The Bertz CT molecular complexity index is 798. The molecule has 0 aliphatic heterocycles. The quantitative estimate of drug-likeness (QED) is 0.730. The molecule has 0 atom stereocenters. The SMILES string of the molecule is Cc1cc(C)cc(NC(=O)Nc2ccc(CC(=O)NCC(F)(F)F)cc2)c1. The highest BCUT2D eigenvalue weighted by Crippen LogP contribution is 2.16. The number of carbonyl (C=O) groups is 2. The third-order valence-electron chi connectivity index (χ3n) is 3.54. The van der Waals surface area contributed by atoms with E-state index in [1.807, 2.05) is 37.4 Å². The average Bonchev–Trinajstić information content (AvgIpc) is 2.53. The van der Waals surface area contributed by atoms with Crippen molar-refractivity contribution in [2.75, 3.05) is 17.2 Å². The van der Waals surface area contributed by atoms with E-state index in [0.29, 0.717) is 16.9 Å². The van der Waals surface area contributed by atoms with Crippen LogP contribution in [0.25, 0.3) is 0 Å². The zero-order valence-corrected chi connectivity index (χ0v) is 14.9. The van der Waals surface area contributed by atoms with Crippen LogP contribution in [-0.2, 0) is 11.2 Å². The Balaban J connectivity index is 1.87. The van der Waals surface area contributed by atoms with Crippen molar-refractivity contribution in [3.05, 3.63) is 59.2 Å². The highest BCUT2D eigenvalue weighted by molar-refractivity contribution is 5.99. The standard InChI is InChI=1S/C19H20F3N3O2/c1-12-7-13(2)9-16(8-12)25-18(27)24-15-5-3-14(4-6-15)10-17(26)23-11-19(20,21)22/h3-9H,10-11H2,1-2H3,(H,23,26)(H2,24,25,27). The number of urea groups is 1. The van der Waals surface area contributed by atoms with E-state index >= 15 is 0 Å². The Labute approximate surface area is 155 Å². The van der Waals surface area contributed by atoms with E-state index in [0.717, 1.165) is 11.1 Å².